The standard InChI is InChI=1S/C24H29FN6O/c1-16(2)23-27-22(28-31(23)21-8-6-5-7-19(21)25)24(32)26-18-9-10-20(17(3)15-18)30-13-11-29(4)12-14-30/h5-10,15-16H,11-14H2,1-4H3,(H,26,32). The molecule has 0 bridgehead atoms. The first-order chi connectivity index (χ1) is 15.3. The average Bonchev–Trinajstić information content (AvgIpc) is 3.21. The number of piperazine rings is 1. The van der Waals surface area contributed by atoms with Gasteiger partial charge in [0.25, 0.3) is 5.91 Å². The van der Waals surface area contributed by atoms with Gasteiger partial charge in [-0.25, -0.2) is 14.1 Å². The van der Waals surface area contributed by atoms with Crippen molar-refractivity contribution >= 4 is 17.3 Å². The van der Waals surface area contributed by atoms with Crippen LogP contribution in [0.5, 0.6) is 0 Å². The highest BCUT2D eigenvalue weighted by Crippen LogP contribution is 2.25. The Labute approximate surface area is 187 Å². The summed E-state index contributed by atoms with van der Waals surface area (Å²) in [5, 5.41) is 7.20. The van der Waals surface area contributed by atoms with Crippen molar-refractivity contribution in [3.8, 4) is 5.69 Å². The number of carbonyl (C=O) groups is 1. The zero-order valence-electron chi connectivity index (χ0n) is 19.0. The van der Waals surface area contributed by atoms with Gasteiger partial charge in [-0.05, 0) is 49.9 Å². The second-order valence-corrected chi connectivity index (χ2v) is 8.56. The zero-order chi connectivity index (χ0) is 22.8. The van der Waals surface area contributed by atoms with Gasteiger partial charge in [-0.3, -0.25) is 4.79 Å². The Morgan fingerprint density at radius 3 is 2.44 bits per heavy atom. The van der Waals surface area contributed by atoms with E-state index in [0.29, 0.717) is 11.5 Å². The van der Waals surface area contributed by atoms with E-state index in [1.807, 2.05) is 39.0 Å². The molecule has 1 fully saturated rings. The highest BCUT2D eigenvalue weighted by atomic mass is 19.1. The number of carbonyl (C=O) groups excluding carboxylic acids is 1. The Hall–Kier alpha value is -3.26. The van der Waals surface area contributed by atoms with Crippen molar-refractivity contribution in [1.82, 2.24) is 19.7 Å². The maximum absolute atomic E-state index is 14.3. The van der Waals surface area contributed by atoms with Crippen LogP contribution in [-0.4, -0.2) is 58.8 Å². The van der Waals surface area contributed by atoms with Gasteiger partial charge >= 0.3 is 0 Å². The molecule has 1 N–H and O–H groups in total. The molecule has 0 atom stereocenters. The summed E-state index contributed by atoms with van der Waals surface area (Å²) in [6.07, 6.45) is 0. The molecule has 4 rings (SSSR count). The number of halogens is 1. The molecule has 1 aliphatic rings. The Morgan fingerprint density at radius 1 is 1.06 bits per heavy atom. The minimum absolute atomic E-state index is 0.0118. The number of para-hydroxylation sites is 1. The lowest BCUT2D eigenvalue weighted by molar-refractivity contribution is 0.101. The summed E-state index contributed by atoms with van der Waals surface area (Å²) in [5.74, 6) is -0.330. The maximum atomic E-state index is 14.3. The molecule has 2 aromatic carbocycles. The number of nitrogens with one attached hydrogen (secondary N) is 1. The van der Waals surface area contributed by atoms with Crippen LogP contribution in [0.1, 0.15) is 41.8 Å². The predicted molar refractivity (Wildman–Crippen MR) is 124 cm³/mol. The lowest BCUT2D eigenvalue weighted by Gasteiger charge is -2.35. The van der Waals surface area contributed by atoms with Crippen LogP contribution >= 0.6 is 0 Å². The van der Waals surface area contributed by atoms with E-state index in [0.717, 1.165) is 31.7 Å². The Bertz CT molecular complexity index is 1120. The van der Waals surface area contributed by atoms with E-state index in [1.54, 1.807) is 18.2 Å². The molecule has 7 nitrogen and oxygen atoms in total. The summed E-state index contributed by atoms with van der Waals surface area (Å²) in [6, 6.07) is 12.2. The lowest BCUT2D eigenvalue weighted by atomic mass is 10.1. The molecule has 168 valence electrons. The van der Waals surface area contributed by atoms with Crippen LogP contribution in [0.15, 0.2) is 42.5 Å². The SMILES string of the molecule is Cc1cc(NC(=O)c2nc(C(C)C)n(-c3ccccc3F)n2)ccc1N1CCN(C)CC1. The highest BCUT2D eigenvalue weighted by Gasteiger charge is 2.22. The second kappa shape index (κ2) is 9.08. The Kier molecular flexibility index (Phi) is 6.23. The number of hydrogen-bond acceptors (Lipinski definition) is 5. The molecule has 1 saturated heterocycles. The van der Waals surface area contributed by atoms with Gasteiger partial charge in [-0.2, -0.15) is 0 Å². The fourth-order valence-electron chi connectivity index (χ4n) is 3.92. The maximum Gasteiger partial charge on any atom is 0.295 e. The van der Waals surface area contributed by atoms with E-state index < -0.39 is 11.7 Å². The van der Waals surface area contributed by atoms with Crippen LogP contribution in [0.2, 0.25) is 0 Å². The van der Waals surface area contributed by atoms with Crippen molar-refractivity contribution in [2.45, 2.75) is 26.7 Å². The van der Waals surface area contributed by atoms with Gasteiger partial charge < -0.3 is 15.1 Å². The van der Waals surface area contributed by atoms with Gasteiger partial charge in [-0.15, -0.1) is 5.10 Å². The van der Waals surface area contributed by atoms with E-state index in [4.69, 9.17) is 0 Å². The van der Waals surface area contributed by atoms with Crippen molar-refractivity contribution in [3.05, 3.63) is 65.5 Å². The molecule has 0 saturated carbocycles. The molecule has 0 radical (unpaired) electrons. The molecular weight excluding hydrogens is 407 g/mol. The van der Waals surface area contributed by atoms with Gasteiger partial charge in [-0.1, -0.05) is 26.0 Å². The summed E-state index contributed by atoms with van der Waals surface area (Å²) in [5.41, 5.74) is 3.23. The predicted octanol–water partition coefficient (Wildman–Crippen LogP) is 3.84. The van der Waals surface area contributed by atoms with E-state index in [2.05, 4.69) is 32.2 Å². The topological polar surface area (TPSA) is 66.3 Å². The first-order valence-corrected chi connectivity index (χ1v) is 10.9. The van der Waals surface area contributed by atoms with Crippen molar-refractivity contribution in [1.29, 1.82) is 0 Å². The summed E-state index contributed by atoms with van der Waals surface area (Å²) in [4.78, 5) is 22.0. The molecule has 1 aliphatic heterocycles. The minimum Gasteiger partial charge on any atom is -0.369 e. The average molecular weight is 437 g/mol. The monoisotopic (exact) mass is 436 g/mol. The van der Waals surface area contributed by atoms with E-state index in [1.165, 1.54) is 16.4 Å². The molecule has 0 spiro atoms. The third-order valence-corrected chi connectivity index (χ3v) is 5.73. The van der Waals surface area contributed by atoms with Gasteiger partial charge in [0.1, 0.15) is 17.3 Å². The number of nitrogens with zero attached hydrogens (tertiary/aromatic N) is 5. The minimum atomic E-state index is -0.422. The van der Waals surface area contributed by atoms with Crippen molar-refractivity contribution in [3.63, 3.8) is 0 Å². The van der Waals surface area contributed by atoms with Crippen LogP contribution in [-0.2, 0) is 0 Å². The third kappa shape index (κ3) is 4.50. The summed E-state index contributed by atoms with van der Waals surface area (Å²) in [7, 11) is 2.13. The molecular formula is C24H29FN6O. The van der Waals surface area contributed by atoms with E-state index >= 15 is 0 Å². The van der Waals surface area contributed by atoms with Crippen molar-refractivity contribution < 1.29 is 9.18 Å². The first kappa shape index (κ1) is 22.0. The number of anilines is 2. The van der Waals surface area contributed by atoms with Crippen LogP contribution in [0.4, 0.5) is 15.8 Å². The fourth-order valence-corrected chi connectivity index (χ4v) is 3.92. The summed E-state index contributed by atoms with van der Waals surface area (Å²) < 4.78 is 15.8. The van der Waals surface area contributed by atoms with E-state index in [-0.39, 0.29) is 17.4 Å². The number of rotatable bonds is 5. The van der Waals surface area contributed by atoms with Gasteiger partial charge in [0.15, 0.2) is 0 Å². The lowest BCUT2D eigenvalue weighted by Crippen LogP contribution is -2.44. The number of hydrogen-bond donors (Lipinski definition) is 1. The van der Waals surface area contributed by atoms with Gasteiger partial charge in [0, 0.05) is 43.5 Å². The van der Waals surface area contributed by atoms with Crippen molar-refractivity contribution in [2.75, 3.05) is 43.4 Å². The quantitative estimate of drug-likeness (QED) is 0.658. The van der Waals surface area contributed by atoms with E-state index in [9.17, 15) is 9.18 Å². The smallest absolute Gasteiger partial charge is 0.295 e. The summed E-state index contributed by atoms with van der Waals surface area (Å²) in [6.45, 7) is 9.95. The Morgan fingerprint density at radius 2 is 1.78 bits per heavy atom. The number of benzene rings is 2. The van der Waals surface area contributed by atoms with Gasteiger partial charge in [0.2, 0.25) is 5.82 Å². The molecule has 1 amide bonds. The Balaban J connectivity index is 1.55. The van der Waals surface area contributed by atoms with Crippen LogP contribution in [0.3, 0.4) is 0 Å². The fraction of sp³-hybridized carbons (Fsp3) is 0.375. The molecule has 32 heavy (non-hydrogen) atoms. The number of aryl methyl sites for hydroxylation is 1. The third-order valence-electron chi connectivity index (χ3n) is 5.73. The number of amides is 1. The molecule has 8 heteroatoms. The first-order valence-electron chi connectivity index (χ1n) is 10.9. The largest absolute Gasteiger partial charge is 0.369 e. The molecule has 2 heterocycles. The molecule has 0 aliphatic carbocycles. The van der Waals surface area contributed by atoms with Crippen molar-refractivity contribution in [2.24, 2.45) is 0 Å². The summed E-state index contributed by atoms with van der Waals surface area (Å²) >= 11 is 0. The van der Waals surface area contributed by atoms with Crippen LogP contribution in [0.25, 0.3) is 5.69 Å². The normalized spacial score (nSPS) is 14.8. The zero-order valence-corrected chi connectivity index (χ0v) is 19.0. The number of likely N-dealkylation sites (N-methyl/N-ethyl adjacent to an activating group) is 1. The number of aromatic nitrogens is 3. The molecule has 0 unspecified atom stereocenters. The van der Waals surface area contributed by atoms with Crippen LogP contribution < -0.4 is 10.2 Å². The molecule has 3 aromatic rings. The van der Waals surface area contributed by atoms with Gasteiger partial charge in [0.05, 0.1) is 0 Å². The molecule has 1 aromatic heterocycles. The second-order valence-electron chi connectivity index (χ2n) is 8.56. The van der Waals surface area contributed by atoms with Crippen LogP contribution in [0, 0.1) is 12.7 Å². The highest BCUT2D eigenvalue weighted by molar-refractivity contribution is 6.01.